The van der Waals surface area contributed by atoms with Crippen molar-refractivity contribution in [1.29, 1.82) is 0 Å². The molecule has 2 aliphatic heterocycles. The van der Waals surface area contributed by atoms with Gasteiger partial charge < -0.3 is 19.7 Å². The molecule has 0 bridgehead atoms. The molecule has 1 atom stereocenters. The van der Waals surface area contributed by atoms with Gasteiger partial charge in [0.1, 0.15) is 11.8 Å². The smallest absolute Gasteiger partial charge is 0.258 e. The van der Waals surface area contributed by atoms with Crippen molar-refractivity contribution in [3.8, 4) is 5.75 Å². The van der Waals surface area contributed by atoms with Crippen LogP contribution in [0.25, 0.3) is 0 Å². The molecule has 7 nitrogen and oxygen atoms in total. The number of methoxy groups -OCH3 is 1. The SMILES string of the molecule is COc1ccc(Cl)cc1C(=O)N1CCCC1C(=O)Nc1cccc(CN2CCOCC2)c1. The number of benzene rings is 2. The average Bonchev–Trinajstić information content (AvgIpc) is 3.30. The van der Waals surface area contributed by atoms with Gasteiger partial charge in [-0.3, -0.25) is 14.5 Å². The Morgan fingerprint density at radius 3 is 2.75 bits per heavy atom. The van der Waals surface area contributed by atoms with Crippen LogP contribution in [0.4, 0.5) is 5.69 Å². The second-order valence-corrected chi connectivity index (χ2v) is 8.52. The molecule has 0 radical (unpaired) electrons. The number of carbonyl (C=O) groups is 2. The first-order valence-corrected chi connectivity index (χ1v) is 11.3. The lowest BCUT2D eigenvalue weighted by Gasteiger charge is -2.27. The van der Waals surface area contributed by atoms with Crippen molar-refractivity contribution in [1.82, 2.24) is 9.80 Å². The lowest BCUT2D eigenvalue weighted by atomic mass is 10.1. The van der Waals surface area contributed by atoms with Crippen LogP contribution < -0.4 is 10.1 Å². The summed E-state index contributed by atoms with van der Waals surface area (Å²) in [6.07, 6.45) is 1.39. The van der Waals surface area contributed by atoms with E-state index < -0.39 is 6.04 Å². The van der Waals surface area contributed by atoms with E-state index in [9.17, 15) is 9.59 Å². The number of nitrogens with zero attached hydrogens (tertiary/aromatic N) is 2. The maximum Gasteiger partial charge on any atom is 0.258 e. The normalized spacial score (nSPS) is 19.1. The first kappa shape index (κ1) is 22.6. The summed E-state index contributed by atoms with van der Waals surface area (Å²) in [5.74, 6) is 0.0182. The molecule has 2 aromatic carbocycles. The molecule has 2 saturated heterocycles. The van der Waals surface area contributed by atoms with Gasteiger partial charge in [-0.15, -0.1) is 0 Å². The van der Waals surface area contributed by atoms with Gasteiger partial charge in [-0.2, -0.15) is 0 Å². The van der Waals surface area contributed by atoms with Crippen LogP contribution in [0.2, 0.25) is 5.02 Å². The molecule has 32 heavy (non-hydrogen) atoms. The van der Waals surface area contributed by atoms with E-state index in [1.54, 1.807) is 23.1 Å². The van der Waals surface area contributed by atoms with Crippen molar-refractivity contribution in [2.75, 3.05) is 45.3 Å². The number of nitrogens with one attached hydrogen (secondary N) is 1. The lowest BCUT2D eigenvalue weighted by Crippen LogP contribution is -2.43. The van der Waals surface area contributed by atoms with Crippen molar-refractivity contribution in [2.24, 2.45) is 0 Å². The van der Waals surface area contributed by atoms with Crippen molar-refractivity contribution in [2.45, 2.75) is 25.4 Å². The first-order valence-electron chi connectivity index (χ1n) is 10.9. The van der Waals surface area contributed by atoms with E-state index in [0.717, 1.165) is 50.5 Å². The molecule has 1 unspecified atom stereocenters. The third kappa shape index (κ3) is 5.23. The topological polar surface area (TPSA) is 71.1 Å². The summed E-state index contributed by atoms with van der Waals surface area (Å²) in [5.41, 5.74) is 2.24. The number of carbonyl (C=O) groups excluding carboxylic acids is 2. The van der Waals surface area contributed by atoms with E-state index in [4.69, 9.17) is 21.1 Å². The van der Waals surface area contributed by atoms with Crippen molar-refractivity contribution in [3.05, 3.63) is 58.6 Å². The highest BCUT2D eigenvalue weighted by Crippen LogP contribution is 2.28. The van der Waals surface area contributed by atoms with Crippen LogP contribution in [0.1, 0.15) is 28.8 Å². The standard InChI is InChI=1S/C24H28ClN3O4/c1-31-22-8-7-18(25)15-20(22)24(30)28-9-3-6-21(28)23(29)26-19-5-2-4-17(14-19)16-27-10-12-32-13-11-27/h2,4-5,7-8,14-15,21H,3,6,9-13,16H2,1H3,(H,26,29). The van der Waals surface area contributed by atoms with E-state index in [0.29, 0.717) is 29.3 Å². The number of rotatable bonds is 6. The largest absolute Gasteiger partial charge is 0.496 e. The average molecular weight is 458 g/mol. The summed E-state index contributed by atoms with van der Waals surface area (Å²) in [7, 11) is 1.51. The number of hydrogen-bond acceptors (Lipinski definition) is 5. The van der Waals surface area contributed by atoms with Gasteiger partial charge >= 0.3 is 0 Å². The molecule has 0 aromatic heterocycles. The van der Waals surface area contributed by atoms with Gasteiger partial charge in [0, 0.05) is 36.9 Å². The molecule has 2 heterocycles. The summed E-state index contributed by atoms with van der Waals surface area (Å²) in [6.45, 7) is 4.64. The Morgan fingerprint density at radius 2 is 1.97 bits per heavy atom. The van der Waals surface area contributed by atoms with E-state index in [1.165, 1.54) is 7.11 Å². The Hall–Kier alpha value is -2.61. The van der Waals surface area contributed by atoms with Crippen molar-refractivity contribution in [3.63, 3.8) is 0 Å². The Labute approximate surface area is 193 Å². The molecular formula is C24H28ClN3O4. The molecule has 1 N–H and O–H groups in total. The summed E-state index contributed by atoms with van der Waals surface area (Å²) in [6, 6.07) is 12.3. The number of amides is 2. The van der Waals surface area contributed by atoms with Gasteiger partial charge in [0.2, 0.25) is 5.91 Å². The second kappa shape index (κ2) is 10.3. The van der Waals surface area contributed by atoms with Gasteiger partial charge in [-0.25, -0.2) is 0 Å². The van der Waals surface area contributed by atoms with Gasteiger partial charge in [-0.05, 0) is 48.7 Å². The highest BCUT2D eigenvalue weighted by atomic mass is 35.5. The van der Waals surface area contributed by atoms with Crippen LogP contribution in [0.3, 0.4) is 0 Å². The highest BCUT2D eigenvalue weighted by molar-refractivity contribution is 6.31. The number of hydrogen-bond donors (Lipinski definition) is 1. The molecular weight excluding hydrogens is 430 g/mol. The number of anilines is 1. The van der Waals surface area contributed by atoms with Gasteiger partial charge in [0.15, 0.2) is 0 Å². The van der Waals surface area contributed by atoms with Crippen molar-refractivity contribution < 1.29 is 19.1 Å². The molecule has 0 saturated carbocycles. The summed E-state index contributed by atoms with van der Waals surface area (Å²) in [4.78, 5) is 30.3. The van der Waals surface area contributed by atoms with E-state index in [1.807, 2.05) is 18.2 Å². The van der Waals surface area contributed by atoms with Crippen molar-refractivity contribution >= 4 is 29.1 Å². The van der Waals surface area contributed by atoms with Crippen LogP contribution >= 0.6 is 11.6 Å². The van der Waals surface area contributed by atoms with Gasteiger partial charge in [0.25, 0.3) is 5.91 Å². The molecule has 170 valence electrons. The van der Waals surface area contributed by atoms with Crippen LogP contribution in [0.15, 0.2) is 42.5 Å². The summed E-state index contributed by atoms with van der Waals surface area (Å²) >= 11 is 6.10. The fraction of sp³-hybridized carbons (Fsp3) is 0.417. The Morgan fingerprint density at radius 1 is 1.16 bits per heavy atom. The van der Waals surface area contributed by atoms with Crippen LogP contribution in [0.5, 0.6) is 5.75 Å². The Balaban J connectivity index is 1.44. The zero-order valence-electron chi connectivity index (χ0n) is 18.2. The van der Waals surface area contributed by atoms with E-state index >= 15 is 0 Å². The quantitative estimate of drug-likeness (QED) is 0.719. The fourth-order valence-corrected chi connectivity index (χ4v) is 4.45. The van der Waals surface area contributed by atoms with E-state index in [2.05, 4.69) is 16.3 Å². The van der Waals surface area contributed by atoms with Crippen LogP contribution in [-0.4, -0.2) is 67.6 Å². The molecule has 2 aliphatic rings. The van der Waals surface area contributed by atoms with Crippen LogP contribution in [-0.2, 0) is 16.1 Å². The minimum absolute atomic E-state index is 0.180. The Bertz CT molecular complexity index is 977. The highest BCUT2D eigenvalue weighted by Gasteiger charge is 2.35. The fourth-order valence-electron chi connectivity index (χ4n) is 4.27. The minimum Gasteiger partial charge on any atom is -0.496 e. The van der Waals surface area contributed by atoms with Gasteiger partial charge in [-0.1, -0.05) is 23.7 Å². The molecule has 0 aliphatic carbocycles. The second-order valence-electron chi connectivity index (χ2n) is 8.08. The zero-order chi connectivity index (χ0) is 22.5. The molecule has 4 rings (SSSR count). The lowest BCUT2D eigenvalue weighted by molar-refractivity contribution is -0.119. The molecule has 2 amide bonds. The monoisotopic (exact) mass is 457 g/mol. The molecule has 2 aromatic rings. The number of morpholine rings is 1. The first-order chi connectivity index (χ1) is 15.5. The summed E-state index contributed by atoms with van der Waals surface area (Å²) < 4.78 is 10.7. The predicted molar refractivity (Wildman–Crippen MR) is 123 cm³/mol. The number of likely N-dealkylation sites (tertiary alicyclic amines) is 1. The maximum absolute atomic E-state index is 13.2. The van der Waals surface area contributed by atoms with Crippen LogP contribution in [0, 0.1) is 0 Å². The summed E-state index contributed by atoms with van der Waals surface area (Å²) in [5, 5.41) is 3.45. The number of halogens is 1. The third-order valence-corrected chi connectivity index (χ3v) is 6.15. The Kier molecular flexibility index (Phi) is 7.29. The maximum atomic E-state index is 13.2. The molecule has 2 fully saturated rings. The van der Waals surface area contributed by atoms with Gasteiger partial charge in [0.05, 0.1) is 25.9 Å². The zero-order valence-corrected chi connectivity index (χ0v) is 18.9. The molecule has 8 heteroatoms. The number of ether oxygens (including phenoxy) is 2. The minimum atomic E-state index is -0.533. The molecule has 0 spiro atoms. The predicted octanol–water partition coefficient (Wildman–Crippen LogP) is 3.42. The third-order valence-electron chi connectivity index (χ3n) is 5.91. The van der Waals surface area contributed by atoms with E-state index in [-0.39, 0.29) is 11.8 Å².